The molecule has 0 bridgehead atoms. The van der Waals surface area contributed by atoms with Crippen LogP contribution < -0.4 is 9.64 Å². The van der Waals surface area contributed by atoms with Crippen LogP contribution in [0.1, 0.15) is 88.1 Å². The van der Waals surface area contributed by atoms with Gasteiger partial charge in [-0.15, -0.1) is 0 Å². The number of hydrogen-bond acceptors (Lipinski definition) is 8. The normalized spacial score (nSPS) is 25.5. The van der Waals surface area contributed by atoms with Crippen LogP contribution >= 0.6 is 11.6 Å². The van der Waals surface area contributed by atoms with Crippen molar-refractivity contribution in [3.63, 3.8) is 0 Å². The number of ether oxygens (including phenoxy) is 2. The van der Waals surface area contributed by atoms with Crippen LogP contribution in [0.2, 0.25) is 5.02 Å². The first-order valence-electron chi connectivity index (χ1n) is 16.8. The first-order chi connectivity index (χ1) is 21.6. The lowest BCUT2D eigenvalue weighted by molar-refractivity contribution is 0.0144. The van der Waals surface area contributed by atoms with Crippen molar-refractivity contribution in [2.24, 2.45) is 0 Å². The highest BCUT2D eigenvalue weighted by Gasteiger charge is 2.46. The predicted molar refractivity (Wildman–Crippen MR) is 173 cm³/mol. The Kier molecular flexibility index (Phi) is 7.89. The molecule has 2 aromatic rings. The fourth-order valence-corrected chi connectivity index (χ4v) is 9.07. The maximum Gasteiger partial charge on any atom is 0.410 e. The third-order valence-corrected chi connectivity index (χ3v) is 11.3. The van der Waals surface area contributed by atoms with E-state index in [1.807, 2.05) is 26.8 Å². The van der Waals surface area contributed by atoms with Crippen LogP contribution in [-0.2, 0) is 29.4 Å². The Balaban J connectivity index is 1.21. The monoisotopic (exact) mass is 632 g/mol. The van der Waals surface area contributed by atoms with Gasteiger partial charge in [-0.2, -0.15) is 15.2 Å². The maximum atomic E-state index is 13.1. The molecule has 3 fully saturated rings. The van der Waals surface area contributed by atoms with E-state index in [-0.39, 0.29) is 29.5 Å². The molecule has 10 heteroatoms. The topological polar surface area (TPSA) is 94.8 Å². The molecule has 3 saturated heterocycles. The van der Waals surface area contributed by atoms with Crippen LogP contribution in [0.5, 0.6) is 6.01 Å². The molecule has 0 unspecified atom stereocenters. The Morgan fingerprint density at radius 3 is 2.56 bits per heavy atom. The highest BCUT2D eigenvalue weighted by atomic mass is 35.5. The van der Waals surface area contributed by atoms with Gasteiger partial charge in [-0.25, -0.2) is 4.79 Å². The number of amides is 1. The Morgan fingerprint density at radius 1 is 1.07 bits per heavy atom. The first kappa shape index (κ1) is 30.6. The molecule has 0 N–H and O–H groups in total. The number of hydrogen-bond donors (Lipinski definition) is 0. The summed E-state index contributed by atoms with van der Waals surface area (Å²) in [5.41, 5.74) is 4.40. The van der Waals surface area contributed by atoms with Crippen LogP contribution in [-0.4, -0.2) is 82.4 Å². The first-order valence-corrected chi connectivity index (χ1v) is 17.1. The summed E-state index contributed by atoms with van der Waals surface area (Å²) < 4.78 is 12.3. The summed E-state index contributed by atoms with van der Waals surface area (Å²) in [5, 5.41) is 10.6. The number of nitriles is 1. The van der Waals surface area contributed by atoms with E-state index in [1.165, 1.54) is 29.5 Å². The lowest BCUT2D eigenvalue weighted by Crippen LogP contribution is -2.56. The van der Waals surface area contributed by atoms with Crippen molar-refractivity contribution in [2.45, 2.75) is 108 Å². The van der Waals surface area contributed by atoms with Gasteiger partial charge in [-0.3, -0.25) is 4.90 Å². The minimum absolute atomic E-state index is 0.0152. The largest absolute Gasteiger partial charge is 0.461 e. The van der Waals surface area contributed by atoms with Gasteiger partial charge in [0.05, 0.1) is 29.8 Å². The minimum Gasteiger partial charge on any atom is -0.461 e. The van der Waals surface area contributed by atoms with Crippen molar-refractivity contribution < 1.29 is 14.3 Å². The number of benzene rings is 1. The van der Waals surface area contributed by atoms with Gasteiger partial charge in [-0.1, -0.05) is 23.7 Å². The van der Waals surface area contributed by atoms with E-state index in [4.69, 9.17) is 31.0 Å². The molecule has 0 radical (unpaired) electrons. The highest BCUT2D eigenvalue weighted by Crippen LogP contribution is 2.50. The Labute approximate surface area is 271 Å². The molecule has 2 atom stereocenters. The molecule has 2 aliphatic carbocycles. The fourth-order valence-electron chi connectivity index (χ4n) is 8.80. The maximum absolute atomic E-state index is 13.1. The van der Waals surface area contributed by atoms with E-state index in [0.717, 1.165) is 74.6 Å². The number of halogens is 1. The summed E-state index contributed by atoms with van der Waals surface area (Å²) in [4.78, 5) is 29.9. The van der Waals surface area contributed by atoms with Crippen molar-refractivity contribution in [3.8, 4) is 12.1 Å². The summed E-state index contributed by atoms with van der Waals surface area (Å²) in [7, 11) is 0. The smallest absolute Gasteiger partial charge is 0.410 e. The van der Waals surface area contributed by atoms with Gasteiger partial charge in [0.25, 0.3) is 0 Å². The Hall–Kier alpha value is -3.09. The summed E-state index contributed by atoms with van der Waals surface area (Å²) in [6.07, 6.45) is 9.38. The number of rotatable bonds is 5. The summed E-state index contributed by atoms with van der Waals surface area (Å²) in [6, 6.07) is 8.80. The standard InChI is InChI=1S/C35H45ClN6O3/c1-33(2,3)45-32(43)42-20-19-40(22-24(42)11-16-37)30-26-10-15-34(14-9-25-27(34)7-4-8-28(25)36)21-29(26)38-31(39-30)44-23-35-12-5-17-41(35)18-6-13-35/h4,7-8,24H,5-6,9-15,17-23H2,1-3H3/t24-,34-/m0/s1. The molecule has 9 nitrogen and oxygen atoms in total. The highest BCUT2D eigenvalue weighted by molar-refractivity contribution is 6.31. The van der Waals surface area contributed by atoms with Crippen LogP contribution in [0.3, 0.4) is 0 Å². The molecule has 5 aliphatic rings. The molecular formula is C35H45ClN6O3. The zero-order valence-electron chi connectivity index (χ0n) is 26.9. The molecule has 7 rings (SSSR count). The number of piperazine rings is 1. The number of carbonyl (C=O) groups excluding carboxylic acids is 1. The fraction of sp³-hybridized carbons (Fsp3) is 0.657. The minimum atomic E-state index is -0.601. The third kappa shape index (κ3) is 5.63. The van der Waals surface area contributed by atoms with Crippen LogP contribution in [0.25, 0.3) is 0 Å². The van der Waals surface area contributed by atoms with E-state index in [9.17, 15) is 10.1 Å². The molecule has 1 aromatic heterocycles. The average molecular weight is 633 g/mol. The number of carbonyl (C=O) groups is 1. The summed E-state index contributed by atoms with van der Waals surface area (Å²) >= 11 is 6.66. The zero-order chi connectivity index (χ0) is 31.4. The molecule has 45 heavy (non-hydrogen) atoms. The second-order valence-electron chi connectivity index (χ2n) is 14.8. The predicted octanol–water partition coefficient (Wildman–Crippen LogP) is 5.85. The van der Waals surface area contributed by atoms with Crippen molar-refractivity contribution >= 4 is 23.5 Å². The van der Waals surface area contributed by atoms with Gasteiger partial charge in [0.15, 0.2) is 0 Å². The molecule has 240 valence electrons. The van der Waals surface area contributed by atoms with Gasteiger partial charge in [0.1, 0.15) is 18.0 Å². The molecule has 1 aromatic carbocycles. The Morgan fingerprint density at radius 2 is 1.82 bits per heavy atom. The van der Waals surface area contributed by atoms with Crippen molar-refractivity contribution in [3.05, 3.63) is 45.6 Å². The quantitative estimate of drug-likeness (QED) is 0.405. The molecular weight excluding hydrogens is 588 g/mol. The van der Waals surface area contributed by atoms with Gasteiger partial charge in [0.2, 0.25) is 0 Å². The van der Waals surface area contributed by atoms with E-state index < -0.39 is 5.60 Å². The second-order valence-corrected chi connectivity index (χ2v) is 15.2. The molecule has 0 saturated carbocycles. The zero-order valence-corrected chi connectivity index (χ0v) is 27.7. The van der Waals surface area contributed by atoms with Gasteiger partial charge in [0, 0.05) is 35.6 Å². The number of aromatic nitrogens is 2. The van der Waals surface area contributed by atoms with Crippen molar-refractivity contribution in [1.82, 2.24) is 19.8 Å². The van der Waals surface area contributed by atoms with Gasteiger partial charge in [-0.05, 0) is 109 Å². The third-order valence-electron chi connectivity index (χ3n) is 11.0. The number of nitrogens with zero attached hydrogens (tertiary/aromatic N) is 6. The Bertz CT molecular complexity index is 1510. The van der Waals surface area contributed by atoms with Crippen LogP contribution in [0, 0.1) is 11.3 Å². The average Bonchev–Trinajstić information content (AvgIpc) is 3.69. The van der Waals surface area contributed by atoms with Crippen molar-refractivity contribution in [2.75, 3.05) is 44.2 Å². The van der Waals surface area contributed by atoms with E-state index in [2.05, 4.69) is 28.0 Å². The summed E-state index contributed by atoms with van der Waals surface area (Å²) in [5.74, 6) is 0.896. The molecule has 1 amide bonds. The second kappa shape index (κ2) is 11.6. The molecule has 1 spiro atoms. The number of anilines is 1. The van der Waals surface area contributed by atoms with Gasteiger partial charge >= 0.3 is 12.1 Å². The van der Waals surface area contributed by atoms with Gasteiger partial charge < -0.3 is 19.3 Å². The SMILES string of the molecule is CC(C)(C)OC(=O)N1CCN(c2nc(OCC34CCCN3CCC4)nc3c2CC[C@@]2(CCc4c(Cl)cccc42)C3)C[C@@H]1CC#N. The lowest BCUT2D eigenvalue weighted by atomic mass is 9.69. The van der Waals surface area contributed by atoms with E-state index in [1.54, 1.807) is 4.90 Å². The lowest BCUT2D eigenvalue weighted by Gasteiger charge is -2.43. The molecule has 4 heterocycles. The van der Waals surface area contributed by atoms with Crippen molar-refractivity contribution in [1.29, 1.82) is 5.26 Å². The van der Waals surface area contributed by atoms with E-state index in [0.29, 0.717) is 32.3 Å². The number of fused-ring (bicyclic) bond motifs is 4. The van der Waals surface area contributed by atoms with Crippen LogP contribution in [0.15, 0.2) is 18.2 Å². The van der Waals surface area contributed by atoms with E-state index >= 15 is 0 Å². The summed E-state index contributed by atoms with van der Waals surface area (Å²) in [6.45, 7) is 10.1. The van der Waals surface area contributed by atoms with Crippen LogP contribution in [0.4, 0.5) is 10.6 Å². The molecule has 3 aliphatic heterocycles.